The maximum atomic E-state index is 6.20. The summed E-state index contributed by atoms with van der Waals surface area (Å²) in [6, 6.07) is 10.6. The number of fused-ring (bicyclic) bond motifs is 2. The zero-order valence-electron chi connectivity index (χ0n) is 14.7. The summed E-state index contributed by atoms with van der Waals surface area (Å²) in [5.74, 6) is 2.46. The Morgan fingerprint density at radius 2 is 1.75 bits per heavy atom. The van der Waals surface area contributed by atoms with Crippen LogP contribution in [0.25, 0.3) is 11.3 Å². The third kappa shape index (κ3) is 2.82. The van der Waals surface area contributed by atoms with Crippen LogP contribution < -0.4 is 4.74 Å². The first-order valence-corrected chi connectivity index (χ1v) is 9.09. The topological polar surface area (TPSA) is 25.4 Å². The largest absolute Gasteiger partial charge is 0.492 e. The monoisotopic (exact) mass is 322 g/mol. The van der Waals surface area contributed by atoms with Gasteiger partial charge in [0, 0.05) is 23.9 Å². The van der Waals surface area contributed by atoms with Gasteiger partial charge in [0.15, 0.2) is 0 Å². The smallest absolute Gasteiger partial charge is 0.123 e. The second kappa shape index (κ2) is 6.56. The number of nitrogens with zero attached hydrogens (tertiary/aromatic N) is 2. The molecule has 0 atom stereocenters. The van der Waals surface area contributed by atoms with E-state index < -0.39 is 0 Å². The number of ether oxygens (including phenoxy) is 1. The van der Waals surface area contributed by atoms with Gasteiger partial charge in [-0.3, -0.25) is 4.98 Å². The second-order valence-corrected chi connectivity index (χ2v) is 7.35. The van der Waals surface area contributed by atoms with E-state index in [9.17, 15) is 0 Å². The highest BCUT2D eigenvalue weighted by molar-refractivity contribution is 5.70. The highest BCUT2D eigenvalue weighted by atomic mass is 16.5. The molecule has 0 N–H and O–H groups in total. The Bertz CT molecular complexity index is 703. The van der Waals surface area contributed by atoms with Gasteiger partial charge in [0.2, 0.25) is 0 Å². The molecule has 126 valence electrons. The molecule has 5 rings (SSSR count). The number of hydrogen-bond acceptors (Lipinski definition) is 3. The first-order chi connectivity index (χ1) is 11.7. The average molecular weight is 322 g/mol. The molecule has 0 unspecified atom stereocenters. The van der Waals surface area contributed by atoms with E-state index in [4.69, 9.17) is 4.74 Å². The first-order valence-electron chi connectivity index (χ1n) is 9.09. The van der Waals surface area contributed by atoms with Crippen LogP contribution in [0.2, 0.25) is 0 Å². The minimum atomic E-state index is 0.669. The lowest BCUT2D eigenvalue weighted by molar-refractivity contribution is 0.252. The van der Waals surface area contributed by atoms with Crippen LogP contribution in [0.15, 0.2) is 36.5 Å². The van der Waals surface area contributed by atoms with Gasteiger partial charge in [-0.25, -0.2) is 0 Å². The van der Waals surface area contributed by atoms with E-state index >= 15 is 0 Å². The molecule has 3 aliphatic carbocycles. The van der Waals surface area contributed by atoms with Gasteiger partial charge in [-0.05, 0) is 81.4 Å². The summed E-state index contributed by atoms with van der Waals surface area (Å²) < 4.78 is 6.20. The number of pyridine rings is 1. The van der Waals surface area contributed by atoms with E-state index in [-0.39, 0.29) is 0 Å². The Labute approximate surface area is 144 Å². The maximum absolute atomic E-state index is 6.20. The van der Waals surface area contributed by atoms with Crippen molar-refractivity contribution >= 4 is 0 Å². The molecular formula is C21H26N2O. The van der Waals surface area contributed by atoms with Gasteiger partial charge in [0.1, 0.15) is 12.4 Å². The molecule has 1 aromatic carbocycles. The van der Waals surface area contributed by atoms with Crippen LogP contribution in [-0.2, 0) is 0 Å². The van der Waals surface area contributed by atoms with Crippen LogP contribution in [0.3, 0.4) is 0 Å². The Balaban J connectivity index is 1.75. The van der Waals surface area contributed by atoms with Crippen molar-refractivity contribution < 1.29 is 4.74 Å². The summed E-state index contributed by atoms with van der Waals surface area (Å²) in [7, 11) is 4.18. The normalized spacial score (nSPS) is 21.8. The molecular weight excluding hydrogens is 296 g/mol. The molecule has 0 aliphatic heterocycles. The molecule has 3 aliphatic rings. The van der Waals surface area contributed by atoms with Crippen molar-refractivity contribution in [2.75, 3.05) is 27.2 Å². The highest BCUT2D eigenvalue weighted by Gasteiger charge is 2.37. The Hall–Kier alpha value is -1.87. The lowest BCUT2D eigenvalue weighted by atomic mass is 9.65. The van der Waals surface area contributed by atoms with Crippen molar-refractivity contribution in [1.29, 1.82) is 0 Å². The lowest BCUT2D eigenvalue weighted by Gasteiger charge is -2.40. The molecule has 2 bridgehead atoms. The molecule has 1 aromatic heterocycles. The summed E-state index contributed by atoms with van der Waals surface area (Å²) >= 11 is 0. The molecule has 0 radical (unpaired) electrons. The van der Waals surface area contributed by atoms with Gasteiger partial charge >= 0.3 is 0 Å². The van der Waals surface area contributed by atoms with E-state index in [1.54, 1.807) is 0 Å². The van der Waals surface area contributed by atoms with Crippen LogP contribution in [0.5, 0.6) is 5.75 Å². The number of aromatic nitrogens is 1. The quantitative estimate of drug-likeness (QED) is 0.813. The van der Waals surface area contributed by atoms with Gasteiger partial charge in [0.05, 0.1) is 5.69 Å². The van der Waals surface area contributed by atoms with E-state index in [0.29, 0.717) is 11.8 Å². The molecule has 0 saturated heterocycles. The zero-order valence-corrected chi connectivity index (χ0v) is 14.7. The van der Waals surface area contributed by atoms with E-state index in [1.165, 1.54) is 42.4 Å². The van der Waals surface area contributed by atoms with Crippen LogP contribution in [-0.4, -0.2) is 37.1 Å². The van der Waals surface area contributed by atoms with Gasteiger partial charge < -0.3 is 9.64 Å². The highest BCUT2D eigenvalue weighted by Crippen LogP contribution is 2.54. The lowest BCUT2D eigenvalue weighted by Crippen LogP contribution is -2.25. The van der Waals surface area contributed by atoms with Crippen molar-refractivity contribution in [2.45, 2.75) is 37.5 Å². The van der Waals surface area contributed by atoms with Gasteiger partial charge in [-0.1, -0.05) is 6.07 Å². The minimum absolute atomic E-state index is 0.669. The Morgan fingerprint density at radius 1 is 1.00 bits per heavy atom. The van der Waals surface area contributed by atoms with Crippen molar-refractivity contribution in [3.63, 3.8) is 0 Å². The summed E-state index contributed by atoms with van der Waals surface area (Å²) in [6.07, 6.45) is 7.16. The van der Waals surface area contributed by atoms with Crippen LogP contribution >= 0.6 is 0 Å². The molecule has 1 heterocycles. The average Bonchev–Trinajstić information content (AvgIpc) is 2.63. The predicted octanol–water partition coefficient (Wildman–Crippen LogP) is 4.44. The standard InChI is InChI=1S/C21H26N2O/c1-23(2)13-14-24-19-11-10-17(18-5-3-4-12-22-18)20-15-6-8-16(9-7-15)21(19)20/h3-5,10-12,15-16H,6-9,13-14H2,1-2H3. The zero-order chi connectivity index (χ0) is 16.5. The van der Waals surface area contributed by atoms with Crippen molar-refractivity contribution in [3.05, 3.63) is 47.7 Å². The number of hydrogen-bond donors (Lipinski definition) is 0. The van der Waals surface area contributed by atoms with Crippen molar-refractivity contribution in [1.82, 2.24) is 9.88 Å². The summed E-state index contributed by atoms with van der Waals surface area (Å²) in [5, 5.41) is 0. The first kappa shape index (κ1) is 15.6. The summed E-state index contributed by atoms with van der Waals surface area (Å²) in [4.78, 5) is 6.78. The third-order valence-electron chi connectivity index (χ3n) is 5.53. The summed E-state index contributed by atoms with van der Waals surface area (Å²) in [5.41, 5.74) is 5.43. The van der Waals surface area contributed by atoms with Crippen molar-refractivity contribution in [2.24, 2.45) is 0 Å². The number of likely N-dealkylation sites (N-methyl/N-ethyl adjacent to an activating group) is 1. The SMILES string of the molecule is CN(C)CCOc1ccc(-c2ccccn2)c2c1C1CCC2CC1. The fraction of sp³-hybridized carbons (Fsp3) is 0.476. The van der Waals surface area contributed by atoms with Crippen LogP contribution in [0, 0.1) is 0 Å². The number of benzene rings is 1. The van der Waals surface area contributed by atoms with E-state index in [2.05, 4.69) is 48.2 Å². The summed E-state index contributed by atoms with van der Waals surface area (Å²) in [6.45, 7) is 1.70. The second-order valence-electron chi connectivity index (χ2n) is 7.35. The predicted molar refractivity (Wildman–Crippen MR) is 97.7 cm³/mol. The van der Waals surface area contributed by atoms with Gasteiger partial charge in [-0.2, -0.15) is 0 Å². The number of rotatable bonds is 5. The van der Waals surface area contributed by atoms with Gasteiger partial charge in [0.25, 0.3) is 0 Å². The fourth-order valence-electron chi connectivity index (χ4n) is 4.36. The molecule has 1 fully saturated rings. The van der Waals surface area contributed by atoms with Crippen LogP contribution in [0.4, 0.5) is 0 Å². The van der Waals surface area contributed by atoms with Gasteiger partial charge in [-0.15, -0.1) is 0 Å². The fourth-order valence-corrected chi connectivity index (χ4v) is 4.36. The Kier molecular flexibility index (Phi) is 4.28. The molecule has 3 heteroatoms. The molecule has 3 nitrogen and oxygen atoms in total. The van der Waals surface area contributed by atoms with E-state index in [1.807, 2.05) is 12.3 Å². The molecule has 0 spiro atoms. The van der Waals surface area contributed by atoms with Crippen LogP contribution in [0.1, 0.15) is 48.6 Å². The third-order valence-corrected chi connectivity index (χ3v) is 5.53. The minimum Gasteiger partial charge on any atom is -0.492 e. The van der Waals surface area contributed by atoms with E-state index in [0.717, 1.165) is 24.6 Å². The van der Waals surface area contributed by atoms with Crippen molar-refractivity contribution in [3.8, 4) is 17.0 Å². The molecule has 2 aromatic rings. The Morgan fingerprint density at radius 3 is 2.42 bits per heavy atom. The molecule has 1 saturated carbocycles. The maximum Gasteiger partial charge on any atom is 0.123 e. The molecule has 0 amide bonds. The molecule has 24 heavy (non-hydrogen) atoms.